The van der Waals surface area contributed by atoms with Gasteiger partial charge in [0.15, 0.2) is 6.04 Å². The number of aliphatic carboxylic acids is 1. The van der Waals surface area contributed by atoms with E-state index in [1.807, 2.05) is 10.4 Å². The Hall–Kier alpha value is -2.67. The number of alkyl halides is 3. The molecule has 3 aliphatic heterocycles. The van der Waals surface area contributed by atoms with Gasteiger partial charge in [0, 0.05) is 0 Å². The van der Waals surface area contributed by atoms with Crippen molar-refractivity contribution >= 4 is 29.2 Å². The Morgan fingerprint density at radius 3 is 2.86 bits per heavy atom. The number of rotatable bonds is 4. The number of carboxylic acids is 1. The molecule has 0 aromatic carbocycles. The third-order valence-electron chi connectivity index (χ3n) is 4.18. The van der Waals surface area contributed by atoms with Gasteiger partial charge >= 0.3 is 12.2 Å². The van der Waals surface area contributed by atoms with E-state index >= 15 is 0 Å². The Morgan fingerprint density at radius 2 is 2.29 bits per heavy atom. The number of carboxylic acid groups (broad SMARTS) is 1. The zero-order valence-corrected chi connectivity index (χ0v) is 15.2. The number of hydrogen-bond donors (Lipinski definition) is 2. The van der Waals surface area contributed by atoms with Crippen molar-refractivity contribution in [2.45, 2.75) is 18.3 Å². The van der Waals surface area contributed by atoms with Crippen LogP contribution in [0.25, 0.3) is 0 Å². The summed E-state index contributed by atoms with van der Waals surface area (Å²) in [4.78, 5) is 37.7. The van der Waals surface area contributed by atoms with Crippen LogP contribution >= 0.6 is 11.3 Å². The number of hydrogen-bond acceptors (Lipinski definition) is 7. The molecule has 1 aromatic rings. The molecule has 2 bridgehead atoms. The number of carbonyl (C=O) groups is 2. The topological polar surface area (TPSA) is 112 Å². The summed E-state index contributed by atoms with van der Waals surface area (Å²) in [6.45, 7) is 6.32. The second kappa shape index (κ2) is 7.75. The fourth-order valence-electron chi connectivity index (χ4n) is 3.09. The van der Waals surface area contributed by atoms with Crippen molar-refractivity contribution < 1.29 is 37.7 Å². The molecule has 1 aromatic heterocycles. The van der Waals surface area contributed by atoms with Crippen molar-refractivity contribution in [2.75, 3.05) is 26.2 Å². The van der Waals surface area contributed by atoms with Crippen LogP contribution in [0.3, 0.4) is 0 Å². The number of carbonyl (C=O) groups excluding carboxylic acids is 2. The molecule has 0 saturated carbocycles. The summed E-state index contributed by atoms with van der Waals surface area (Å²) in [5, 5.41) is 13.6. The van der Waals surface area contributed by atoms with Crippen molar-refractivity contribution in [1.82, 2.24) is 20.3 Å². The van der Waals surface area contributed by atoms with E-state index in [4.69, 9.17) is 14.7 Å². The second-order valence-electron chi connectivity index (χ2n) is 5.92. The van der Waals surface area contributed by atoms with E-state index in [0.29, 0.717) is 13.2 Å². The minimum absolute atomic E-state index is 0.0711. The van der Waals surface area contributed by atoms with Gasteiger partial charge in [-0.05, 0) is 0 Å². The van der Waals surface area contributed by atoms with Gasteiger partial charge < -0.3 is 14.8 Å². The van der Waals surface area contributed by atoms with E-state index in [1.165, 1.54) is 5.06 Å². The molecule has 152 valence electrons. The Morgan fingerprint density at radius 1 is 1.57 bits per heavy atom. The Bertz CT molecular complexity index is 812. The van der Waals surface area contributed by atoms with Crippen molar-refractivity contribution in [3.63, 3.8) is 0 Å². The van der Waals surface area contributed by atoms with Crippen LogP contribution < -0.4 is 15.4 Å². The van der Waals surface area contributed by atoms with Crippen LogP contribution in [0.4, 0.5) is 18.0 Å². The highest BCUT2D eigenvalue weighted by molar-refractivity contribution is 7.09. The predicted molar refractivity (Wildman–Crippen MR) is 87.6 cm³/mol. The number of thiazole rings is 1. The molecule has 3 aliphatic rings. The molecule has 2 amide bonds. The molecule has 9 nitrogen and oxygen atoms in total. The molecule has 2 atom stereocenters. The lowest BCUT2D eigenvalue weighted by molar-refractivity contribution is -0.447. The quantitative estimate of drug-likeness (QED) is 0.573. The van der Waals surface area contributed by atoms with Gasteiger partial charge in [0.25, 0.3) is 5.84 Å². The average Bonchev–Trinajstić information content (AvgIpc) is 3.36. The number of nitrogens with zero attached hydrogens (tertiary/aromatic N) is 3. The average molecular weight is 419 g/mol. The first-order valence-electron chi connectivity index (χ1n) is 8.15. The Labute approximate surface area is 161 Å². The normalized spacial score (nSPS) is 22.8. The lowest BCUT2D eigenvalue weighted by Crippen LogP contribution is -2.73. The highest BCUT2D eigenvalue weighted by Crippen LogP contribution is 2.44. The standard InChI is InChI=1S/C13H15N5O2S.C2HF3O2/c1-2-5-20-18-8-6-17(13(18)19)10(12-14-3-4-15-12)9-11(8)21-7-16-9;3-2(4,5)1(6)7/h2,7-8,10H,1,3-6H2,(H,14,15);(H,6,7)/t8-,10+;/m1./s1. The monoisotopic (exact) mass is 419 g/mol. The largest absolute Gasteiger partial charge is 0.542 e. The van der Waals surface area contributed by atoms with Crippen LogP contribution in [-0.2, 0) is 9.63 Å². The van der Waals surface area contributed by atoms with Crippen molar-refractivity contribution in [3.8, 4) is 0 Å². The lowest BCUT2D eigenvalue weighted by Gasteiger charge is -2.27. The molecular formula is C15H16F3N5O4S. The fraction of sp³-hybridized carbons (Fsp3) is 0.467. The SMILES string of the molecule is C=CCON1C(=O)N2C[C@@H]1c1scnc1[C@H]2C1=[NH+]CCN1.O=C([O-])C(F)(F)F. The maximum absolute atomic E-state index is 12.6. The molecule has 0 radical (unpaired) electrons. The molecule has 4 heterocycles. The summed E-state index contributed by atoms with van der Waals surface area (Å²) in [7, 11) is 0. The molecule has 1 fully saturated rings. The summed E-state index contributed by atoms with van der Waals surface area (Å²) in [6.07, 6.45) is -3.55. The first-order chi connectivity index (χ1) is 13.3. The van der Waals surface area contributed by atoms with Gasteiger partial charge in [-0.15, -0.1) is 17.9 Å². The zero-order chi connectivity index (χ0) is 20.5. The molecule has 2 N–H and O–H groups in total. The molecule has 4 rings (SSSR count). The third-order valence-corrected chi connectivity index (χ3v) is 5.12. The van der Waals surface area contributed by atoms with E-state index in [1.54, 1.807) is 17.4 Å². The van der Waals surface area contributed by atoms with Crippen molar-refractivity contribution in [2.24, 2.45) is 0 Å². The molecule has 13 heteroatoms. The van der Waals surface area contributed by atoms with E-state index < -0.39 is 12.1 Å². The number of hydroxylamine groups is 2. The van der Waals surface area contributed by atoms with Gasteiger partial charge in [0.1, 0.15) is 25.1 Å². The molecule has 0 unspecified atom stereocenters. The number of urea groups is 1. The maximum Gasteiger partial charge on any atom is 0.430 e. The van der Waals surface area contributed by atoms with Crippen LogP contribution in [-0.4, -0.2) is 65.2 Å². The van der Waals surface area contributed by atoms with Crippen LogP contribution in [0.1, 0.15) is 22.7 Å². The van der Waals surface area contributed by atoms with E-state index in [-0.39, 0.29) is 18.1 Å². The van der Waals surface area contributed by atoms with E-state index in [9.17, 15) is 18.0 Å². The summed E-state index contributed by atoms with van der Waals surface area (Å²) in [5.74, 6) is -2.05. The predicted octanol–water partition coefficient (Wildman–Crippen LogP) is -1.52. The number of aromatic nitrogens is 1. The molecule has 28 heavy (non-hydrogen) atoms. The summed E-state index contributed by atoms with van der Waals surface area (Å²) < 4.78 is 31.5. The molecule has 0 spiro atoms. The Balaban J connectivity index is 0.000000279. The number of amides is 2. The highest BCUT2D eigenvalue weighted by atomic mass is 32.1. The number of nitrogens with one attached hydrogen (secondary N) is 2. The van der Waals surface area contributed by atoms with Crippen LogP contribution in [0.5, 0.6) is 0 Å². The van der Waals surface area contributed by atoms with Gasteiger partial charge in [-0.1, -0.05) is 6.08 Å². The highest BCUT2D eigenvalue weighted by Gasteiger charge is 2.53. The first-order valence-corrected chi connectivity index (χ1v) is 9.03. The van der Waals surface area contributed by atoms with Crippen LogP contribution in [0.2, 0.25) is 0 Å². The minimum Gasteiger partial charge on any atom is -0.542 e. The van der Waals surface area contributed by atoms with Crippen molar-refractivity contribution in [3.05, 3.63) is 28.7 Å². The molecular weight excluding hydrogens is 403 g/mol. The van der Waals surface area contributed by atoms with Gasteiger partial charge in [-0.25, -0.2) is 9.78 Å². The lowest BCUT2D eigenvalue weighted by atomic mass is 10.0. The van der Waals surface area contributed by atoms with Crippen molar-refractivity contribution in [1.29, 1.82) is 0 Å². The number of fused-ring (bicyclic) bond motifs is 4. The number of amidine groups is 1. The Kier molecular flexibility index (Phi) is 5.56. The molecule has 1 saturated heterocycles. The smallest absolute Gasteiger partial charge is 0.430 e. The summed E-state index contributed by atoms with van der Waals surface area (Å²) in [6, 6.07) is -0.340. The third kappa shape index (κ3) is 3.67. The zero-order valence-electron chi connectivity index (χ0n) is 14.4. The second-order valence-corrected chi connectivity index (χ2v) is 6.80. The van der Waals surface area contributed by atoms with Gasteiger partial charge in [0.2, 0.25) is 0 Å². The maximum atomic E-state index is 12.6. The van der Waals surface area contributed by atoms with Gasteiger partial charge in [-0.3, -0.25) is 15.1 Å². The molecule has 0 aliphatic carbocycles. The van der Waals surface area contributed by atoms with Gasteiger partial charge in [0.05, 0.1) is 29.2 Å². The number of halogens is 3. The van der Waals surface area contributed by atoms with E-state index in [0.717, 1.165) is 29.5 Å². The summed E-state index contributed by atoms with van der Waals surface area (Å²) in [5.41, 5.74) is 2.79. The van der Waals surface area contributed by atoms with Crippen LogP contribution in [0, 0.1) is 0 Å². The minimum atomic E-state index is -5.19. The first kappa shape index (κ1) is 20.1. The van der Waals surface area contributed by atoms with Gasteiger partial charge in [-0.2, -0.15) is 18.2 Å². The fourth-order valence-corrected chi connectivity index (χ4v) is 3.98. The summed E-state index contributed by atoms with van der Waals surface area (Å²) >= 11 is 1.58. The van der Waals surface area contributed by atoms with Crippen LogP contribution in [0.15, 0.2) is 18.2 Å². The van der Waals surface area contributed by atoms with E-state index in [2.05, 4.69) is 21.9 Å².